The number of hydrogen-bond donors (Lipinski definition) is 1. The second kappa shape index (κ2) is 7.29. The molecule has 1 fully saturated rings. The lowest BCUT2D eigenvalue weighted by atomic mass is 10.0. The molecule has 5 heteroatoms. The maximum atomic E-state index is 11.0. The van der Waals surface area contributed by atoms with Gasteiger partial charge < -0.3 is 10.1 Å². The summed E-state index contributed by atoms with van der Waals surface area (Å²) in [6.07, 6.45) is 6.44. The van der Waals surface area contributed by atoms with Gasteiger partial charge in [-0.05, 0) is 26.2 Å². The third-order valence-electron chi connectivity index (χ3n) is 3.83. The van der Waals surface area contributed by atoms with Gasteiger partial charge in [-0.25, -0.2) is 0 Å². The van der Waals surface area contributed by atoms with E-state index in [0.717, 1.165) is 24.6 Å². The summed E-state index contributed by atoms with van der Waals surface area (Å²) in [7, 11) is 0. The Labute approximate surface area is 125 Å². The molecule has 1 aliphatic carbocycles. The van der Waals surface area contributed by atoms with Gasteiger partial charge in [0.05, 0.1) is 17.1 Å². The monoisotopic (exact) mass is 292 g/mol. The molecule has 0 bridgehead atoms. The fraction of sp³-hybridized carbons (Fsp3) is 0.625. The van der Waals surface area contributed by atoms with E-state index in [4.69, 9.17) is 4.74 Å². The van der Waals surface area contributed by atoms with Crippen LogP contribution in [0.2, 0.25) is 0 Å². The molecule has 0 heterocycles. The molecule has 0 aliphatic heterocycles. The van der Waals surface area contributed by atoms with Crippen LogP contribution in [0.4, 0.5) is 11.4 Å². The van der Waals surface area contributed by atoms with Gasteiger partial charge in [-0.2, -0.15) is 0 Å². The average molecular weight is 292 g/mol. The number of benzene rings is 1. The minimum absolute atomic E-state index is 0.00153. The first kappa shape index (κ1) is 15.6. The number of hydrogen-bond acceptors (Lipinski definition) is 4. The summed E-state index contributed by atoms with van der Waals surface area (Å²) in [6.45, 7) is 4.67. The van der Waals surface area contributed by atoms with Crippen molar-refractivity contribution in [2.75, 3.05) is 11.9 Å². The molecule has 1 saturated carbocycles. The number of rotatable bonds is 7. The Kier molecular flexibility index (Phi) is 5.42. The molecule has 0 atom stereocenters. The molecule has 1 aromatic rings. The van der Waals surface area contributed by atoms with E-state index < -0.39 is 0 Å². The summed E-state index contributed by atoms with van der Waals surface area (Å²) >= 11 is 0. The van der Waals surface area contributed by atoms with Crippen LogP contribution in [0.15, 0.2) is 18.2 Å². The fourth-order valence-electron chi connectivity index (χ4n) is 2.85. The molecule has 0 radical (unpaired) electrons. The summed E-state index contributed by atoms with van der Waals surface area (Å²) < 4.78 is 5.58. The molecule has 2 rings (SSSR count). The highest BCUT2D eigenvalue weighted by Crippen LogP contribution is 2.29. The topological polar surface area (TPSA) is 64.4 Å². The molecule has 1 aliphatic rings. The molecule has 1 aromatic carbocycles. The van der Waals surface area contributed by atoms with Crippen molar-refractivity contribution >= 4 is 11.4 Å². The first-order valence-electron chi connectivity index (χ1n) is 7.74. The third kappa shape index (κ3) is 4.92. The first-order chi connectivity index (χ1) is 10.0. The van der Waals surface area contributed by atoms with Gasteiger partial charge in [0.1, 0.15) is 5.75 Å². The van der Waals surface area contributed by atoms with Crippen molar-refractivity contribution in [2.24, 2.45) is 5.92 Å². The molecule has 0 aromatic heterocycles. The summed E-state index contributed by atoms with van der Waals surface area (Å²) in [5, 5.41) is 14.3. The molecule has 1 N–H and O–H groups in total. The van der Waals surface area contributed by atoms with E-state index in [9.17, 15) is 10.1 Å². The second-order valence-electron chi connectivity index (χ2n) is 6.01. The van der Waals surface area contributed by atoms with E-state index in [1.807, 2.05) is 19.9 Å². The molecule has 116 valence electrons. The Morgan fingerprint density at radius 2 is 2.05 bits per heavy atom. The lowest BCUT2D eigenvalue weighted by Crippen LogP contribution is -2.09. The minimum atomic E-state index is -0.380. The summed E-state index contributed by atoms with van der Waals surface area (Å²) in [5.74, 6) is 1.35. The van der Waals surface area contributed by atoms with Crippen molar-refractivity contribution < 1.29 is 9.66 Å². The third-order valence-corrected chi connectivity index (χ3v) is 3.83. The lowest BCUT2D eigenvalue weighted by molar-refractivity contribution is -0.384. The maximum Gasteiger partial charge on any atom is 0.275 e. The van der Waals surface area contributed by atoms with E-state index >= 15 is 0 Å². The van der Waals surface area contributed by atoms with Crippen molar-refractivity contribution in [1.82, 2.24) is 0 Å². The highest BCUT2D eigenvalue weighted by atomic mass is 16.6. The molecule has 0 amide bonds. The van der Waals surface area contributed by atoms with Gasteiger partial charge in [-0.3, -0.25) is 10.1 Å². The van der Waals surface area contributed by atoms with Crippen LogP contribution in [0.3, 0.4) is 0 Å². The highest BCUT2D eigenvalue weighted by molar-refractivity contribution is 5.56. The van der Waals surface area contributed by atoms with E-state index in [2.05, 4.69) is 5.32 Å². The van der Waals surface area contributed by atoms with Crippen LogP contribution >= 0.6 is 0 Å². The number of nitro groups is 1. The Morgan fingerprint density at radius 3 is 2.67 bits per heavy atom. The fourth-order valence-corrected chi connectivity index (χ4v) is 2.85. The van der Waals surface area contributed by atoms with Crippen LogP contribution in [-0.2, 0) is 0 Å². The Hall–Kier alpha value is -1.78. The number of nitro benzene ring substituents is 1. The highest BCUT2D eigenvalue weighted by Gasteiger charge is 2.15. The summed E-state index contributed by atoms with van der Waals surface area (Å²) in [4.78, 5) is 10.6. The number of nitrogens with one attached hydrogen (secondary N) is 1. The van der Waals surface area contributed by atoms with E-state index in [0.29, 0.717) is 5.75 Å². The smallest absolute Gasteiger partial charge is 0.275 e. The predicted molar refractivity (Wildman–Crippen MR) is 83.9 cm³/mol. The second-order valence-corrected chi connectivity index (χ2v) is 6.01. The zero-order valence-electron chi connectivity index (χ0n) is 12.8. The number of ether oxygens (including phenoxy) is 1. The Bertz CT molecular complexity index is 482. The first-order valence-corrected chi connectivity index (χ1v) is 7.74. The van der Waals surface area contributed by atoms with Crippen LogP contribution in [0, 0.1) is 16.0 Å². The normalized spacial score (nSPS) is 15.4. The molecular weight excluding hydrogens is 268 g/mol. The van der Waals surface area contributed by atoms with Crippen LogP contribution in [-0.4, -0.2) is 17.6 Å². The van der Waals surface area contributed by atoms with E-state index in [-0.39, 0.29) is 16.7 Å². The van der Waals surface area contributed by atoms with Gasteiger partial charge in [-0.15, -0.1) is 0 Å². The van der Waals surface area contributed by atoms with Gasteiger partial charge in [0, 0.05) is 24.4 Å². The van der Waals surface area contributed by atoms with Gasteiger partial charge in [0.25, 0.3) is 5.69 Å². The van der Waals surface area contributed by atoms with Crippen molar-refractivity contribution in [2.45, 2.75) is 52.1 Å². The van der Waals surface area contributed by atoms with Crippen molar-refractivity contribution in [1.29, 1.82) is 0 Å². The summed E-state index contributed by atoms with van der Waals surface area (Å²) in [5.41, 5.74) is 0.828. The quantitative estimate of drug-likeness (QED) is 0.598. The summed E-state index contributed by atoms with van der Waals surface area (Å²) in [6, 6.07) is 4.88. The molecule has 0 unspecified atom stereocenters. The lowest BCUT2D eigenvalue weighted by Gasteiger charge is -2.13. The van der Waals surface area contributed by atoms with Gasteiger partial charge in [0.2, 0.25) is 0 Å². The maximum absolute atomic E-state index is 11.0. The van der Waals surface area contributed by atoms with Crippen LogP contribution in [0.1, 0.15) is 46.0 Å². The van der Waals surface area contributed by atoms with Crippen molar-refractivity contribution in [3.05, 3.63) is 28.3 Å². The van der Waals surface area contributed by atoms with Gasteiger partial charge in [0.15, 0.2) is 0 Å². The van der Waals surface area contributed by atoms with E-state index in [1.165, 1.54) is 31.7 Å². The molecular formula is C16H24N2O3. The SMILES string of the molecule is CC(C)Oc1cc(NCCC2CCCC2)cc([N+](=O)[O-])c1. The predicted octanol–water partition coefficient (Wildman–Crippen LogP) is 4.37. The molecule has 5 nitrogen and oxygen atoms in total. The number of anilines is 1. The Balaban J connectivity index is 1.99. The molecule has 21 heavy (non-hydrogen) atoms. The number of nitrogens with zero attached hydrogens (tertiary/aromatic N) is 1. The van der Waals surface area contributed by atoms with Crippen LogP contribution < -0.4 is 10.1 Å². The van der Waals surface area contributed by atoms with Crippen LogP contribution in [0.5, 0.6) is 5.75 Å². The number of non-ortho nitro benzene ring substituents is 1. The van der Waals surface area contributed by atoms with Gasteiger partial charge >= 0.3 is 0 Å². The minimum Gasteiger partial charge on any atom is -0.491 e. The molecule has 0 spiro atoms. The average Bonchev–Trinajstić information content (AvgIpc) is 2.90. The van der Waals surface area contributed by atoms with E-state index in [1.54, 1.807) is 6.07 Å². The van der Waals surface area contributed by atoms with Crippen LogP contribution in [0.25, 0.3) is 0 Å². The standard InChI is InChI=1S/C16H24N2O3/c1-12(2)21-16-10-14(9-15(11-16)18(19)20)17-8-7-13-5-3-4-6-13/h9-13,17H,3-8H2,1-2H3. The zero-order valence-corrected chi connectivity index (χ0v) is 12.8. The molecule has 0 saturated heterocycles. The zero-order chi connectivity index (χ0) is 15.2. The Morgan fingerprint density at radius 1 is 1.33 bits per heavy atom. The largest absolute Gasteiger partial charge is 0.491 e. The van der Waals surface area contributed by atoms with Crippen molar-refractivity contribution in [3.8, 4) is 5.75 Å². The van der Waals surface area contributed by atoms with Crippen molar-refractivity contribution in [3.63, 3.8) is 0 Å². The van der Waals surface area contributed by atoms with Gasteiger partial charge in [-0.1, -0.05) is 25.7 Å².